The second-order valence-corrected chi connectivity index (χ2v) is 7.93. The van der Waals surface area contributed by atoms with Gasteiger partial charge in [-0.15, -0.1) is 6.58 Å². The Morgan fingerprint density at radius 3 is 2.44 bits per heavy atom. The lowest BCUT2D eigenvalue weighted by molar-refractivity contribution is 0.221. The van der Waals surface area contributed by atoms with Gasteiger partial charge < -0.3 is 5.73 Å². The minimum Gasteiger partial charge on any atom is -0.330 e. The summed E-state index contributed by atoms with van der Waals surface area (Å²) in [5.74, 6) is 1.47. The van der Waals surface area contributed by atoms with Crippen molar-refractivity contribution in [2.24, 2.45) is 17.6 Å². The second kappa shape index (κ2) is 7.95. The zero-order chi connectivity index (χ0) is 18.0. The number of allylic oxidation sites excluding steroid dienone is 1. The molecule has 2 aromatic carbocycles. The zero-order valence-corrected chi connectivity index (χ0v) is 16.1. The molecule has 3 heteroatoms. The zero-order valence-electron chi connectivity index (χ0n) is 14.6. The van der Waals surface area contributed by atoms with Gasteiger partial charge in [0.15, 0.2) is 0 Å². The molecule has 0 amide bonds. The summed E-state index contributed by atoms with van der Waals surface area (Å²) in [5.41, 5.74) is 9.92. The molecule has 1 nitrogen and oxygen atoms in total. The number of halogens is 2. The van der Waals surface area contributed by atoms with E-state index in [0.29, 0.717) is 30.2 Å². The van der Waals surface area contributed by atoms with Gasteiger partial charge in [0.05, 0.1) is 0 Å². The molecule has 0 aromatic heterocycles. The first kappa shape index (κ1) is 18.5. The Kier molecular flexibility index (Phi) is 5.89. The smallest absolute Gasteiger partial charge is 0.0443 e. The van der Waals surface area contributed by atoms with Crippen molar-refractivity contribution in [3.63, 3.8) is 0 Å². The van der Waals surface area contributed by atoms with Gasteiger partial charge in [0, 0.05) is 10.0 Å². The van der Waals surface area contributed by atoms with E-state index in [1.54, 1.807) is 0 Å². The van der Waals surface area contributed by atoms with Gasteiger partial charge in [-0.05, 0) is 84.9 Å². The van der Waals surface area contributed by atoms with E-state index in [-0.39, 0.29) is 0 Å². The van der Waals surface area contributed by atoms with Gasteiger partial charge >= 0.3 is 0 Å². The Bertz CT molecular complexity index is 738. The summed E-state index contributed by atoms with van der Waals surface area (Å²) in [7, 11) is 0. The minimum absolute atomic E-state index is 0.319. The van der Waals surface area contributed by atoms with E-state index in [1.807, 2.05) is 12.1 Å². The molecule has 0 saturated heterocycles. The van der Waals surface area contributed by atoms with Crippen molar-refractivity contribution in [3.8, 4) is 0 Å². The van der Waals surface area contributed by atoms with Crippen molar-refractivity contribution in [2.45, 2.75) is 31.6 Å². The van der Waals surface area contributed by atoms with E-state index in [1.165, 1.54) is 16.7 Å². The molecule has 1 fully saturated rings. The quantitative estimate of drug-likeness (QED) is 0.621. The SMILES string of the molecule is C=CC1CCC(c2ccc(C)cc2Cl)C(c2ccc(Cl)cc2)C1CN. The fourth-order valence-corrected chi connectivity index (χ4v) is 4.89. The van der Waals surface area contributed by atoms with Crippen LogP contribution in [0.25, 0.3) is 0 Å². The van der Waals surface area contributed by atoms with Crippen LogP contribution in [0.5, 0.6) is 0 Å². The molecule has 2 aromatic rings. The van der Waals surface area contributed by atoms with Crippen LogP contribution >= 0.6 is 23.2 Å². The highest BCUT2D eigenvalue weighted by Gasteiger charge is 2.39. The maximum absolute atomic E-state index is 6.63. The van der Waals surface area contributed by atoms with Crippen LogP contribution in [-0.2, 0) is 0 Å². The molecule has 132 valence electrons. The molecule has 4 atom stereocenters. The Hall–Kier alpha value is -1.28. The van der Waals surface area contributed by atoms with Gasteiger partial charge in [-0.25, -0.2) is 0 Å². The van der Waals surface area contributed by atoms with E-state index in [9.17, 15) is 0 Å². The number of rotatable bonds is 4. The summed E-state index contributed by atoms with van der Waals surface area (Å²) in [6, 6.07) is 14.6. The van der Waals surface area contributed by atoms with E-state index in [0.717, 1.165) is 22.9 Å². The average molecular weight is 374 g/mol. The van der Waals surface area contributed by atoms with Crippen LogP contribution in [-0.4, -0.2) is 6.54 Å². The standard InChI is InChI=1S/C22H25Cl2N/c1-3-15-7-11-19(18-10-4-14(2)12-21(18)24)22(20(15)13-25)16-5-8-17(23)9-6-16/h3-6,8-10,12,15,19-20,22H,1,7,11,13,25H2,2H3. The lowest BCUT2D eigenvalue weighted by Gasteiger charge is -2.43. The Labute approximate surface area is 160 Å². The van der Waals surface area contributed by atoms with Crippen LogP contribution in [0.1, 0.15) is 41.4 Å². The number of hydrogen-bond donors (Lipinski definition) is 1. The second-order valence-electron chi connectivity index (χ2n) is 7.09. The molecule has 1 saturated carbocycles. The molecule has 0 aliphatic heterocycles. The summed E-state index contributed by atoms with van der Waals surface area (Å²) in [4.78, 5) is 0. The molecule has 3 rings (SSSR count). The fourth-order valence-electron chi connectivity index (χ4n) is 4.39. The number of nitrogens with two attached hydrogens (primary N) is 1. The van der Waals surface area contributed by atoms with Crippen molar-refractivity contribution >= 4 is 23.2 Å². The Morgan fingerprint density at radius 2 is 1.84 bits per heavy atom. The average Bonchev–Trinajstić information content (AvgIpc) is 2.61. The minimum atomic E-state index is 0.319. The van der Waals surface area contributed by atoms with Crippen LogP contribution in [0, 0.1) is 18.8 Å². The summed E-state index contributed by atoms with van der Waals surface area (Å²) < 4.78 is 0. The predicted molar refractivity (Wildman–Crippen MR) is 109 cm³/mol. The first-order chi connectivity index (χ1) is 12.0. The summed E-state index contributed by atoms with van der Waals surface area (Å²) in [6.45, 7) is 6.76. The maximum Gasteiger partial charge on any atom is 0.0443 e. The van der Waals surface area contributed by atoms with Gasteiger partial charge in [-0.2, -0.15) is 0 Å². The molecule has 1 aliphatic carbocycles. The number of hydrogen-bond acceptors (Lipinski definition) is 1. The largest absolute Gasteiger partial charge is 0.330 e. The predicted octanol–water partition coefficient (Wildman–Crippen LogP) is 6.34. The topological polar surface area (TPSA) is 26.0 Å². The van der Waals surface area contributed by atoms with Crippen molar-refractivity contribution < 1.29 is 0 Å². The monoisotopic (exact) mass is 373 g/mol. The summed E-state index contributed by atoms with van der Waals surface area (Å²) in [5, 5.41) is 1.62. The molecule has 4 unspecified atom stereocenters. The van der Waals surface area contributed by atoms with Crippen molar-refractivity contribution in [3.05, 3.63) is 81.9 Å². The molecule has 0 radical (unpaired) electrons. The lowest BCUT2D eigenvalue weighted by atomic mass is 9.62. The number of aryl methyl sites for hydroxylation is 1. The molecule has 2 N–H and O–H groups in total. The molecular formula is C22H25Cl2N. The van der Waals surface area contributed by atoms with Crippen LogP contribution in [0.3, 0.4) is 0 Å². The third-order valence-electron chi connectivity index (χ3n) is 5.64. The molecule has 0 bridgehead atoms. The first-order valence-electron chi connectivity index (χ1n) is 8.89. The summed E-state index contributed by atoms with van der Waals surface area (Å²) in [6.07, 6.45) is 4.26. The van der Waals surface area contributed by atoms with Crippen molar-refractivity contribution in [2.75, 3.05) is 6.54 Å². The molecule has 1 aliphatic rings. The molecular weight excluding hydrogens is 349 g/mol. The van der Waals surface area contributed by atoms with E-state index >= 15 is 0 Å². The van der Waals surface area contributed by atoms with Crippen LogP contribution < -0.4 is 5.73 Å². The molecule has 0 heterocycles. The lowest BCUT2D eigenvalue weighted by Crippen LogP contribution is -2.36. The fraction of sp³-hybridized carbons (Fsp3) is 0.364. The van der Waals surface area contributed by atoms with Crippen molar-refractivity contribution in [1.82, 2.24) is 0 Å². The normalized spacial score (nSPS) is 26.4. The van der Waals surface area contributed by atoms with Gasteiger partial charge in [0.1, 0.15) is 0 Å². The van der Waals surface area contributed by atoms with Crippen LogP contribution in [0.2, 0.25) is 10.0 Å². The highest BCUT2D eigenvalue weighted by molar-refractivity contribution is 6.31. The highest BCUT2D eigenvalue weighted by atomic mass is 35.5. The van der Waals surface area contributed by atoms with E-state index in [4.69, 9.17) is 28.9 Å². The van der Waals surface area contributed by atoms with Gasteiger partial charge in [0.2, 0.25) is 0 Å². The van der Waals surface area contributed by atoms with Crippen LogP contribution in [0.15, 0.2) is 55.1 Å². The molecule has 25 heavy (non-hydrogen) atoms. The third-order valence-corrected chi connectivity index (χ3v) is 6.22. The first-order valence-corrected chi connectivity index (χ1v) is 9.65. The summed E-state index contributed by atoms with van der Waals surface area (Å²) >= 11 is 12.7. The number of benzene rings is 2. The van der Waals surface area contributed by atoms with Crippen LogP contribution in [0.4, 0.5) is 0 Å². The van der Waals surface area contributed by atoms with Gasteiger partial charge in [-0.3, -0.25) is 0 Å². The van der Waals surface area contributed by atoms with Gasteiger partial charge in [-0.1, -0.05) is 53.5 Å². The maximum atomic E-state index is 6.63. The highest BCUT2D eigenvalue weighted by Crippen LogP contribution is 2.51. The van der Waals surface area contributed by atoms with Crippen molar-refractivity contribution in [1.29, 1.82) is 0 Å². The van der Waals surface area contributed by atoms with E-state index in [2.05, 4.69) is 49.9 Å². The Balaban J connectivity index is 2.08. The third kappa shape index (κ3) is 3.79. The van der Waals surface area contributed by atoms with E-state index < -0.39 is 0 Å². The van der Waals surface area contributed by atoms with Gasteiger partial charge in [0.25, 0.3) is 0 Å². The molecule has 0 spiro atoms. The Morgan fingerprint density at radius 1 is 1.12 bits per heavy atom.